The molecule has 1 aromatic carbocycles. The number of amides is 2. The fraction of sp³-hybridized carbons (Fsp3) is 0.618. The van der Waals surface area contributed by atoms with Crippen molar-refractivity contribution in [3.63, 3.8) is 0 Å². The highest BCUT2D eigenvalue weighted by molar-refractivity contribution is 5.96. The van der Waals surface area contributed by atoms with E-state index in [0.29, 0.717) is 65.7 Å². The quantitative estimate of drug-likeness (QED) is 0.180. The van der Waals surface area contributed by atoms with Crippen LogP contribution in [-0.2, 0) is 9.59 Å². The summed E-state index contributed by atoms with van der Waals surface area (Å²) in [6.07, 6.45) is 8.34. The van der Waals surface area contributed by atoms with Crippen molar-refractivity contribution in [2.45, 2.75) is 83.0 Å². The molecule has 3 N–H and O–H groups in total. The van der Waals surface area contributed by atoms with Crippen LogP contribution in [0.5, 0.6) is 11.5 Å². The Morgan fingerprint density at radius 1 is 1.26 bits per heavy atom. The number of allylic oxidation sites excluding steroid dienone is 1. The molecule has 3 saturated carbocycles. The molecule has 7 unspecified atom stereocenters. The molecule has 43 heavy (non-hydrogen) atoms. The summed E-state index contributed by atoms with van der Waals surface area (Å²) < 4.78 is 11.9. The van der Waals surface area contributed by atoms with Crippen molar-refractivity contribution >= 4 is 18.1 Å². The number of carbonyl (C=O) groups excluding carboxylic acids is 3. The van der Waals surface area contributed by atoms with Gasteiger partial charge in [-0.15, -0.1) is 6.58 Å². The van der Waals surface area contributed by atoms with E-state index in [0.717, 1.165) is 31.6 Å². The molecule has 1 aliphatic heterocycles. The van der Waals surface area contributed by atoms with Gasteiger partial charge in [-0.3, -0.25) is 14.4 Å². The molecule has 9 heteroatoms. The molecular weight excluding hydrogens is 548 g/mol. The molecular formula is C34H46N2O7. The first-order valence-corrected chi connectivity index (χ1v) is 15.7. The number of nitrogens with one attached hydrogen (secondary N) is 1. The largest absolute Gasteiger partial charge is 0.493 e. The number of aliphatic hydroxyl groups excluding tert-OH is 2. The first-order chi connectivity index (χ1) is 20.7. The van der Waals surface area contributed by atoms with Gasteiger partial charge in [-0.05, 0) is 79.9 Å². The Balaban J connectivity index is 1.53. The second-order valence-electron chi connectivity index (χ2n) is 13.2. The average molecular weight is 595 g/mol. The molecule has 0 aromatic heterocycles. The number of benzene rings is 1. The van der Waals surface area contributed by atoms with Crippen LogP contribution in [0.15, 0.2) is 36.4 Å². The first-order valence-electron chi connectivity index (χ1n) is 15.7. The minimum Gasteiger partial charge on any atom is -0.493 e. The van der Waals surface area contributed by atoms with E-state index in [1.807, 2.05) is 6.08 Å². The number of rotatable bonds is 13. The number of aldehydes is 1. The topological polar surface area (TPSA) is 125 Å². The maximum absolute atomic E-state index is 14.0. The Morgan fingerprint density at radius 2 is 2.05 bits per heavy atom. The standard InChI is InChI=1S/C34H46N2O7/c1-5-6-7-8-9-28(39)36(18-21-10-11-22-16-25(21)34(22,2)3)26-17-24(33(41)35-12-13-37)29-23-14-20(19-38)15-27(42-4)31(23)43-32(29)30(26)40/h5,14-15,17,19,21-22,25-26,29-30,32,37,40H,1,6-13,16,18H2,2-4H3,(H,35,41). The summed E-state index contributed by atoms with van der Waals surface area (Å²) >= 11 is 0. The molecule has 7 atom stereocenters. The average Bonchev–Trinajstić information content (AvgIpc) is 3.40. The van der Waals surface area contributed by atoms with Crippen molar-refractivity contribution in [3.8, 4) is 11.5 Å². The zero-order chi connectivity index (χ0) is 30.9. The number of methoxy groups -OCH3 is 1. The van der Waals surface area contributed by atoms with E-state index in [-0.39, 0.29) is 24.5 Å². The fourth-order valence-corrected chi connectivity index (χ4v) is 8.09. The molecule has 9 nitrogen and oxygen atoms in total. The van der Waals surface area contributed by atoms with E-state index in [2.05, 4.69) is 25.7 Å². The fourth-order valence-electron chi connectivity index (χ4n) is 8.09. The van der Waals surface area contributed by atoms with Crippen LogP contribution < -0.4 is 14.8 Å². The lowest BCUT2D eigenvalue weighted by molar-refractivity contribution is -0.146. The van der Waals surface area contributed by atoms with Crippen LogP contribution in [0.2, 0.25) is 0 Å². The van der Waals surface area contributed by atoms with Crippen LogP contribution >= 0.6 is 0 Å². The van der Waals surface area contributed by atoms with Gasteiger partial charge < -0.3 is 29.9 Å². The zero-order valence-electron chi connectivity index (χ0n) is 25.6. The number of carbonyl (C=O) groups is 3. The first kappa shape index (κ1) is 31.3. The highest BCUT2D eigenvalue weighted by Crippen LogP contribution is 2.61. The van der Waals surface area contributed by atoms with Gasteiger partial charge in [-0.2, -0.15) is 0 Å². The van der Waals surface area contributed by atoms with E-state index in [1.165, 1.54) is 13.5 Å². The summed E-state index contributed by atoms with van der Waals surface area (Å²) in [7, 11) is 1.48. The normalized spacial score (nSPS) is 29.6. The van der Waals surface area contributed by atoms with Crippen LogP contribution in [0.25, 0.3) is 0 Å². The Kier molecular flexibility index (Phi) is 9.32. The van der Waals surface area contributed by atoms with Crippen molar-refractivity contribution in [3.05, 3.63) is 47.6 Å². The van der Waals surface area contributed by atoms with Gasteiger partial charge in [-0.25, -0.2) is 0 Å². The summed E-state index contributed by atoms with van der Waals surface area (Å²) in [5.74, 6) is 1.10. The second kappa shape index (κ2) is 12.8. The van der Waals surface area contributed by atoms with Crippen LogP contribution in [0.3, 0.4) is 0 Å². The maximum atomic E-state index is 14.0. The number of hydrogen-bond acceptors (Lipinski definition) is 7. The Bertz CT molecular complexity index is 1270. The molecule has 0 radical (unpaired) electrons. The molecule has 3 fully saturated rings. The predicted molar refractivity (Wildman–Crippen MR) is 162 cm³/mol. The summed E-state index contributed by atoms with van der Waals surface area (Å²) in [5.41, 5.74) is 1.51. The SMILES string of the molecule is C=CCCCCC(=O)N(CC1CCC2CC1C2(C)C)C1C=C(C(=O)NCCO)C2c3cc(C=O)cc(OC)c3OC2C1O. The van der Waals surface area contributed by atoms with Crippen molar-refractivity contribution in [2.75, 3.05) is 26.8 Å². The molecule has 4 aliphatic carbocycles. The zero-order valence-corrected chi connectivity index (χ0v) is 25.6. The smallest absolute Gasteiger partial charge is 0.247 e. The van der Waals surface area contributed by atoms with Gasteiger partial charge in [0, 0.05) is 36.2 Å². The van der Waals surface area contributed by atoms with Gasteiger partial charge in [0.25, 0.3) is 0 Å². The van der Waals surface area contributed by atoms with Crippen LogP contribution in [0.1, 0.15) is 80.6 Å². The van der Waals surface area contributed by atoms with Crippen LogP contribution in [0.4, 0.5) is 0 Å². The number of nitrogens with zero attached hydrogens (tertiary/aromatic N) is 1. The molecule has 1 heterocycles. The third kappa shape index (κ3) is 5.74. The lowest BCUT2D eigenvalue weighted by Gasteiger charge is -2.61. The third-order valence-electron chi connectivity index (χ3n) is 10.6. The highest BCUT2D eigenvalue weighted by atomic mass is 16.5. The highest BCUT2D eigenvalue weighted by Gasteiger charge is 2.56. The number of hydrogen-bond donors (Lipinski definition) is 3. The van der Waals surface area contributed by atoms with Gasteiger partial charge in [0.05, 0.1) is 25.7 Å². The van der Waals surface area contributed by atoms with E-state index in [1.54, 1.807) is 23.1 Å². The molecule has 2 amide bonds. The molecule has 0 saturated heterocycles. The molecule has 1 aromatic rings. The summed E-state index contributed by atoms with van der Waals surface area (Å²) in [5, 5.41) is 24.1. The minimum atomic E-state index is -1.13. The Morgan fingerprint density at radius 3 is 2.70 bits per heavy atom. The van der Waals surface area contributed by atoms with E-state index in [9.17, 15) is 24.6 Å². The molecule has 2 bridgehead atoms. The predicted octanol–water partition coefficient (Wildman–Crippen LogP) is 3.78. The Labute approximate surface area is 254 Å². The van der Waals surface area contributed by atoms with Crippen molar-refractivity contribution < 1.29 is 34.1 Å². The van der Waals surface area contributed by atoms with Crippen LogP contribution in [0, 0.1) is 23.2 Å². The number of aliphatic hydroxyl groups is 2. The maximum Gasteiger partial charge on any atom is 0.247 e. The number of fused-ring (bicyclic) bond motifs is 5. The van der Waals surface area contributed by atoms with E-state index >= 15 is 0 Å². The summed E-state index contributed by atoms with van der Waals surface area (Å²) in [6, 6.07) is 2.45. The minimum absolute atomic E-state index is 0.0477. The molecule has 0 spiro atoms. The van der Waals surface area contributed by atoms with E-state index in [4.69, 9.17) is 9.47 Å². The second-order valence-corrected chi connectivity index (χ2v) is 13.2. The lowest BCUT2D eigenvalue weighted by Crippen LogP contribution is -2.59. The number of unbranched alkanes of at least 4 members (excludes halogenated alkanes) is 2. The lowest BCUT2D eigenvalue weighted by atomic mass is 9.45. The van der Waals surface area contributed by atoms with Gasteiger partial charge in [-0.1, -0.05) is 19.9 Å². The van der Waals surface area contributed by atoms with Crippen LogP contribution in [-0.4, -0.2) is 78.3 Å². The summed E-state index contributed by atoms with van der Waals surface area (Å²) in [4.78, 5) is 41.1. The van der Waals surface area contributed by atoms with Gasteiger partial charge in [0.15, 0.2) is 11.5 Å². The monoisotopic (exact) mass is 594 g/mol. The third-order valence-corrected chi connectivity index (χ3v) is 10.6. The van der Waals surface area contributed by atoms with Crippen molar-refractivity contribution in [1.29, 1.82) is 0 Å². The Hall–Kier alpha value is -3.17. The number of ether oxygens (including phenoxy) is 2. The summed E-state index contributed by atoms with van der Waals surface area (Å²) in [6.45, 7) is 8.77. The molecule has 6 rings (SSSR count). The van der Waals surface area contributed by atoms with Gasteiger partial charge in [0.1, 0.15) is 18.5 Å². The van der Waals surface area contributed by atoms with Gasteiger partial charge >= 0.3 is 0 Å². The van der Waals surface area contributed by atoms with Crippen molar-refractivity contribution in [1.82, 2.24) is 10.2 Å². The van der Waals surface area contributed by atoms with Crippen molar-refractivity contribution in [2.24, 2.45) is 23.2 Å². The van der Waals surface area contributed by atoms with Gasteiger partial charge in [0.2, 0.25) is 11.8 Å². The van der Waals surface area contributed by atoms with E-state index < -0.39 is 30.1 Å². The molecule has 5 aliphatic rings. The molecule has 234 valence electrons.